The van der Waals surface area contributed by atoms with E-state index in [2.05, 4.69) is 10.3 Å². The lowest BCUT2D eigenvalue weighted by molar-refractivity contribution is -0.121. The smallest absolute Gasteiger partial charge is 0.261 e. The minimum Gasteiger partial charge on any atom is -0.493 e. The van der Waals surface area contributed by atoms with Gasteiger partial charge in [-0.05, 0) is 18.6 Å². The number of ether oxygens (including phenoxy) is 2. The van der Waals surface area contributed by atoms with Crippen LogP contribution in [0.25, 0.3) is 10.9 Å². The molecule has 0 saturated heterocycles. The molecule has 7 heteroatoms. The summed E-state index contributed by atoms with van der Waals surface area (Å²) in [6.45, 7) is 2.17. The van der Waals surface area contributed by atoms with Crippen LogP contribution in [0, 0.1) is 0 Å². The average molecular weight is 381 g/mol. The summed E-state index contributed by atoms with van der Waals surface area (Å²) < 4.78 is 11.9. The molecule has 0 bridgehead atoms. The lowest BCUT2D eigenvalue weighted by atomic mass is 10.1. The summed E-state index contributed by atoms with van der Waals surface area (Å²) in [4.78, 5) is 29.3. The first kappa shape index (κ1) is 19.4. The van der Waals surface area contributed by atoms with Crippen molar-refractivity contribution in [2.24, 2.45) is 0 Å². The third kappa shape index (κ3) is 4.14. The average Bonchev–Trinajstić information content (AvgIpc) is 2.73. The van der Waals surface area contributed by atoms with Crippen molar-refractivity contribution in [2.45, 2.75) is 25.9 Å². The van der Waals surface area contributed by atoms with Crippen molar-refractivity contribution in [1.82, 2.24) is 14.9 Å². The molecule has 0 saturated carbocycles. The van der Waals surface area contributed by atoms with Gasteiger partial charge in [-0.1, -0.05) is 30.3 Å². The van der Waals surface area contributed by atoms with Gasteiger partial charge in [0, 0.05) is 19.0 Å². The topological polar surface area (TPSA) is 82.5 Å². The van der Waals surface area contributed by atoms with Crippen LogP contribution >= 0.6 is 0 Å². The molecule has 0 fully saturated rings. The monoisotopic (exact) mass is 381 g/mol. The zero-order valence-corrected chi connectivity index (χ0v) is 16.1. The molecule has 1 aromatic heterocycles. The highest BCUT2D eigenvalue weighted by Crippen LogP contribution is 2.29. The zero-order valence-electron chi connectivity index (χ0n) is 16.1. The number of aryl methyl sites for hydroxylation is 1. The lowest BCUT2D eigenvalue weighted by Crippen LogP contribution is -2.29. The molecular weight excluding hydrogens is 358 g/mol. The second kappa shape index (κ2) is 8.56. The number of amides is 1. The van der Waals surface area contributed by atoms with Gasteiger partial charge in [0.1, 0.15) is 0 Å². The maximum Gasteiger partial charge on any atom is 0.261 e. The van der Waals surface area contributed by atoms with Crippen molar-refractivity contribution < 1.29 is 14.3 Å². The van der Waals surface area contributed by atoms with E-state index in [1.807, 2.05) is 37.3 Å². The number of carbonyl (C=O) groups is 1. The van der Waals surface area contributed by atoms with Crippen LogP contribution in [0.15, 0.2) is 53.6 Å². The fourth-order valence-electron chi connectivity index (χ4n) is 3.01. The molecule has 2 aromatic carbocycles. The molecular formula is C21H23N3O4. The fourth-order valence-corrected chi connectivity index (χ4v) is 3.01. The Morgan fingerprint density at radius 1 is 1.14 bits per heavy atom. The summed E-state index contributed by atoms with van der Waals surface area (Å²) in [5, 5.41) is 3.36. The lowest BCUT2D eigenvalue weighted by Gasteiger charge is -2.15. The van der Waals surface area contributed by atoms with Crippen LogP contribution in [0.4, 0.5) is 0 Å². The van der Waals surface area contributed by atoms with Gasteiger partial charge in [-0.15, -0.1) is 0 Å². The fraction of sp³-hybridized carbons (Fsp3) is 0.286. The Bertz CT molecular complexity index is 1030. The summed E-state index contributed by atoms with van der Waals surface area (Å²) in [6, 6.07) is 12.9. The van der Waals surface area contributed by atoms with Crippen molar-refractivity contribution in [3.8, 4) is 11.5 Å². The summed E-state index contributed by atoms with van der Waals surface area (Å²) in [7, 11) is 3.04. The molecule has 1 atom stereocenters. The first-order chi connectivity index (χ1) is 13.5. The van der Waals surface area contributed by atoms with E-state index in [0.717, 1.165) is 5.56 Å². The SMILES string of the molecule is COc1cc2ncn(CCC(=O)NC(C)c3ccccc3)c(=O)c2cc1OC. The maximum atomic E-state index is 12.7. The molecule has 1 amide bonds. The van der Waals surface area contributed by atoms with Crippen molar-refractivity contribution in [2.75, 3.05) is 14.2 Å². The number of hydrogen-bond acceptors (Lipinski definition) is 5. The van der Waals surface area contributed by atoms with Crippen molar-refractivity contribution in [1.29, 1.82) is 0 Å². The highest BCUT2D eigenvalue weighted by Gasteiger charge is 2.13. The predicted molar refractivity (Wildman–Crippen MR) is 107 cm³/mol. The van der Waals surface area contributed by atoms with Crippen LogP contribution in [-0.2, 0) is 11.3 Å². The summed E-state index contributed by atoms with van der Waals surface area (Å²) >= 11 is 0. The predicted octanol–water partition coefficient (Wildman–Crippen LogP) is 2.68. The Morgan fingerprint density at radius 3 is 2.50 bits per heavy atom. The molecule has 1 heterocycles. The molecule has 0 aliphatic rings. The molecule has 1 unspecified atom stereocenters. The second-order valence-corrected chi connectivity index (χ2v) is 6.42. The standard InChI is InChI=1S/C21H23N3O4/c1-14(15-7-5-4-6-8-15)23-20(25)9-10-24-13-22-17-12-19(28-3)18(27-2)11-16(17)21(24)26/h4-8,11-14H,9-10H2,1-3H3,(H,23,25). The highest BCUT2D eigenvalue weighted by molar-refractivity contribution is 5.81. The Morgan fingerprint density at radius 2 is 1.82 bits per heavy atom. The van der Waals surface area contributed by atoms with Crippen molar-refractivity contribution >= 4 is 16.8 Å². The highest BCUT2D eigenvalue weighted by atomic mass is 16.5. The van der Waals surface area contributed by atoms with E-state index < -0.39 is 0 Å². The minimum absolute atomic E-state index is 0.100. The van der Waals surface area contributed by atoms with E-state index in [0.29, 0.717) is 22.4 Å². The van der Waals surface area contributed by atoms with Crippen LogP contribution in [0.3, 0.4) is 0 Å². The van der Waals surface area contributed by atoms with Crippen LogP contribution in [0.1, 0.15) is 24.9 Å². The Balaban J connectivity index is 1.73. The number of rotatable bonds is 7. The van der Waals surface area contributed by atoms with E-state index >= 15 is 0 Å². The molecule has 146 valence electrons. The normalized spacial score (nSPS) is 11.8. The molecule has 1 N–H and O–H groups in total. The van der Waals surface area contributed by atoms with Gasteiger partial charge in [0.15, 0.2) is 11.5 Å². The van der Waals surface area contributed by atoms with Gasteiger partial charge in [-0.2, -0.15) is 0 Å². The molecule has 28 heavy (non-hydrogen) atoms. The van der Waals surface area contributed by atoms with Crippen LogP contribution in [0.2, 0.25) is 0 Å². The minimum atomic E-state index is -0.227. The van der Waals surface area contributed by atoms with Gasteiger partial charge in [0.2, 0.25) is 5.91 Å². The van der Waals surface area contributed by atoms with Crippen molar-refractivity contribution in [3.63, 3.8) is 0 Å². The van der Waals surface area contributed by atoms with Gasteiger partial charge >= 0.3 is 0 Å². The van der Waals surface area contributed by atoms with Gasteiger partial charge in [0.05, 0.1) is 37.5 Å². The van der Waals surface area contributed by atoms with Gasteiger partial charge in [-0.25, -0.2) is 4.98 Å². The first-order valence-corrected chi connectivity index (χ1v) is 8.99. The van der Waals surface area contributed by atoms with Crippen molar-refractivity contribution in [3.05, 3.63) is 64.7 Å². The number of benzene rings is 2. The Kier molecular flexibility index (Phi) is 5.93. The number of methoxy groups -OCH3 is 2. The van der Waals surface area contributed by atoms with Crippen LogP contribution in [0.5, 0.6) is 11.5 Å². The van der Waals surface area contributed by atoms with Crippen LogP contribution < -0.4 is 20.3 Å². The van der Waals surface area contributed by atoms with Gasteiger partial charge < -0.3 is 14.8 Å². The Hall–Kier alpha value is -3.35. The van der Waals surface area contributed by atoms with E-state index in [9.17, 15) is 9.59 Å². The number of hydrogen-bond donors (Lipinski definition) is 1. The number of nitrogens with zero attached hydrogens (tertiary/aromatic N) is 2. The number of fused-ring (bicyclic) bond motifs is 1. The zero-order chi connectivity index (χ0) is 20.1. The van der Waals surface area contributed by atoms with E-state index in [1.54, 1.807) is 12.1 Å². The molecule has 0 radical (unpaired) electrons. The number of nitrogens with one attached hydrogen (secondary N) is 1. The molecule has 7 nitrogen and oxygen atoms in total. The van der Waals surface area contributed by atoms with Crippen LogP contribution in [-0.4, -0.2) is 29.7 Å². The summed E-state index contributed by atoms with van der Waals surface area (Å²) in [5.74, 6) is 0.839. The quantitative estimate of drug-likeness (QED) is 0.680. The Labute approximate surface area is 162 Å². The van der Waals surface area contributed by atoms with E-state index in [1.165, 1.54) is 25.1 Å². The summed E-state index contributed by atoms with van der Waals surface area (Å²) in [5.41, 5.74) is 1.32. The molecule has 3 aromatic rings. The second-order valence-electron chi connectivity index (χ2n) is 6.42. The molecule has 0 aliphatic heterocycles. The molecule has 0 spiro atoms. The molecule has 0 aliphatic carbocycles. The third-order valence-corrected chi connectivity index (χ3v) is 4.59. The van der Waals surface area contributed by atoms with Gasteiger partial charge in [-0.3, -0.25) is 14.2 Å². The van der Waals surface area contributed by atoms with E-state index in [-0.39, 0.29) is 30.5 Å². The number of carbonyl (C=O) groups excluding carboxylic acids is 1. The number of aromatic nitrogens is 2. The maximum absolute atomic E-state index is 12.7. The molecule has 3 rings (SSSR count). The summed E-state index contributed by atoms with van der Waals surface area (Å²) in [6.07, 6.45) is 1.63. The third-order valence-electron chi connectivity index (χ3n) is 4.59. The van der Waals surface area contributed by atoms with Gasteiger partial charge in [0.25, 0.3) is 5.56 Å². The first-order valence-electron chi connectivity index (χ1n) is 8.99. The largest absolute Gasteiger partial charge is 0.493 e. The van der Waals surface area contributed by atoms with E-state index in [4.69, 9.17) is 9.47 Å².